The van der Waals surface area contributed by atoms with Crippen molar-refractivity contribution < 1.29 is 9.53 Å². The minimum atomic E-state index is 0.0388. The van der Waals surface area contributed by atoms with Crippen LogP contribution in [0.4, 0.5) is 16.3 Å². The number of nitrogens with zero attached hydrogens (tertiary/aromatic N) is 3. The van der Waals surface area contributed by atoms with Crippen LogP contribution >= 0.6 is 0 Å². The molecular weight excluding hydrogens is 316 g/mol. The Bertz CT molecular complexity index is 597. The fraction of sp³-hybridized carbons (Fsp3) is 0.684. The van der Waals surface area contributed by atoms with Gasteiger partial charge in [0, 0.05) is 31.9 Å². The van der Waals surface area contributed by atoms with Crippen molar-refractivity contribution >= 4 is 17.5 Å². The molecule has 1 aromatic rings. The van der Waals surface area contributed by atoms with Gasteiger partial charge in [-0.25, -0.2) is 9.78 Å². The average Bonchev–Trinajstić information content (AvgIpc) is 3.34. The van der Waals surface area contributed by atoms with Crippen LogP contribution in [0.5, 0.6) is 0 Å². The maximum absolute atomic E-state index is 13.0. The topological polar surface area (TPSA) is 57.7 Å². The van der Waals surface area contributed by atoms with Crippen molar-refractivity contribution in [3.05, 3.63) is 18.3 Å². The normalized spacial score (nSPS) is 24.7. The number of likely N-dealkylation sites (tertiary alicyclic amines) is 1. The first-order chi connectivity index (χ1) is 12.3. The van der Waals surface area contributed by atoms with Crippen molar-refractivity contribution in [1.29, 1.82) is 0 Å². The van der Waals surface area contributed by atoms with E-state index in [1.807, 2.05) is 12.1 Å². The lowest BCUT2D eigenvalue weighted by molar-refractivity contribution is 0.122. The largest absolute Gasteiger partial charge is 0.378 e. The van der Waals surface area contributed by atoms with Crippen molar-refractivity contribution in [3.63, 3.8) is 0 Å². The van der Waals surface area contributed by atoms with Crippen LogP contribution in [-0.2, 0) is 4.74 Å². The van der Waals surface area contributed by atoms with Crippen LogP contribution in [0.2, 0.25) is 0 Å². The monoisotopic (exact) mass is 344 g/mol. The molecule has 4 rings (SSSR count). The lowest BCUT2D eigenvalue weighted by atomic mass is 9.96. The predicted molar refractivity (Wildman–Crippen MR) is 98.0 cm³/mol. The highest BCUT2D eigenvalue weighted by molar-refractivity contribution is 5.92. The third-order valence-electron chi connectivity index (χ3n) is 5.84. The molecule has 6 heteroatoms. The van der Waals surface area contributed by atoms with E-state index in [1.54, 1.807) is 6.20 Å². The number of morpholine rings is 1. The molecule has 3 fully saturated rings. The maximum atomic E-state index is 13.0. The highest BCUT2D eigenvalue weighted by atomic mass is 16.5. The molecule has 2 saturated heterocycles. The zero-order valence-electron chi connectivity index (χ0n) is 14.8. The van der Waals surface area contributed by atoms with Gasteiger partial charge in [-0.15, -0.1) is 0 Å². The Morgan fingerprint density at radius 1 is 1.12 bits per heavy atom. The lowest BCUT2D eigenvalue weighted by Gasteiger charge is -2.31. The van der Waals surface area contributed by atoms with E-state index >= 15 is 0 Å². The van der Waals surface area contributed by atoms with Crippen LogP contribution in [0.1, 0.15) is 38.5 Å². The minimum absolute atomic E-state index is 0.0388. The number of carbonyl (C=O) groups is 1. The van der Waals surface area contributed by atoms with E-state index in [1.165, 1.54) is 25.7 Å². The van der Waals surface area contributed by atoms with E-state index in [9.17, 15) is 4.79 Å². The number of ether oxygens (including phenoxy) is 1. The molecule has 2 amide bonds. The molecule has 2 aliphatic heterocycles. The van der Waals surface area contributed by atoms with E-state index in [4.69, 9.17) is 4.74 Å². The van der Waals surface area contributed by atoms with Gasteiger partial charge in [0.05, 0.1) is 18.9 Å². The number of hydrogen-bond donors (Lipinski definition) is 1. The number of hydrogen-bond acceptors (Lipinski definition) is 4. The van der Waals surface area contributed by atoms with Crippen LogP contribution < -0.4 is 10.2 Å². The summed E-state index contributed by atoms with van der Waals surface area (Å²) < 4.78 is 5.43. The highest BCUT2D eigenvalue weighted by Gasteiger charge is 2.36. The minimum Gasteiger partial charge on any atom is -0.378 e. The zero-order chi connectivity index (χ0) is 17.1. The van der Waals surface area contributed by atoms with Crippen LogP contribution in [0.15, 0.2) is 18.3 Å². The van der Waals surface area contributed by atoms with Gasteiger partial charge in [0.1, 0.15) is 0 Å². The van der Waals surface area contributed by atoms with Gasteiger partial charge in [-0.05, 0) is 43.7 Å². The molecule has 6 nitrogen and oxygen atoms in total. The molecule has 0 radical (unpaired) electrons. The summed E-state index contributed by atoms with van der Waals surface area (Å²) in [7, 11) is 0. The Balaban J connectivity index is 1.47. The number of carbonyl (C=O) groups excluding carboxylic acids is 1. The van der Waals surface area contributed by atoms with Crippen molar-refractivity contribution in [1.82, 2.24) is 9.88 Å². The standard InChI is InChI=1S/C19H28N4O2/c24-19(23-10-4-8-17(23)15-5-1-2-6-15)21-16-7-3-9-20-18(16)22-11-13-25-14-12-22/h3,7,9,15,17H,1-2,4-6,8,10-14H2,(H,21,24). The number of anilines is 2. The quantitative estimate of drug-likeness (QED) is 0.915. The third-order valence-corrected chi connectivity index (χ3v) is 5.84. The first kappa shape index (κ1) is 16.6. The summed E-state index contributed by atoms with van der Waals surface area (Å²) in [6.45, 7) is 3.92. The third kappa shape index (κ3) is 3.59. The second kappa shape index (κ2) is 7.60. The molecule has 1 unspecified atom stereocenters. The van der Waals surface area contributed by atoms with E-state index in [-0.39, 0.29) is 6.03 Å². The van der Waals surface area contributed by atoms with E-state index < -0.39 is 0 Å². The zero-order valence-corrected chi connectivity index (χ0v) is 14.8. The lowest BCUT2D eigenvalue weighted by Crippen LogP contribution is -2.42. The molecule has 0 bridgehead atoms. The summed E-state index contributed by atoms with van der Waals surface area (Å²) in [4.78, 5) is 21.7. The molecule has 0 spiro atoms. The predicted octanol–water partition coefficient (Wildman–Crippen LogP) is 3.10. The first-order valence-electron chi connectivity index (χ1n) is 9.68. The van der Waals surface area contributed by atoms with Crippen LogP contribution in [0.3, 0.4) is 0 Å². The first-order valence-corrected chi connectivity index (χ1v) is 9.68. The number of urea groups is 1. The van der Waals surface area contributed by atoms with Crippen LogP contribution in [0, 0.1) is 5.92 Å². The number of nitrogens with one attached hydrogen (secondary N) is 1. The Morgan fingerprint density at radius 2 is 1.92 bits per heavy atom. The molecule has 0 aromatic carbocycles. The fourth-order valence-corrected chi connectivity index (χ4v) is 4.59. The van der Waals surface area contributed by atoms with Gasteiger partial charge in [-0.1, -0.05) is 12.8 Å². The van der Waals surface area contributed by atoms with Crippen molar-refractivity contribution in [2.45, 2.75) is 44.6 Å². The molecule has 3 aliphatic rings. The molecule has 1 atom stereocenters. The summed E-state index contributed by atoms with van der Waals surface area (Å²) >= 11 is 0. The molecule has 1 N–H and O–H groups in total. The van der Waals surface area contributed by atoms with Gasteiger partial charge >= 0.3 is 6.03 Å². The SMILES string of the molecule is O=C(Nc1cccnc1N1CCOCC1)N1CCCC1C1CCCC1. The Kier molecular flexibility index (Phi) is 5.06. The van der Waals surface area contributed by atoms with Crippen molar-refractivity contribution in [2.24, 2.45) is 5.92 Å². The van der Waals surface area contributed by atoms with Crippen molar-refractivity contribution in [2.75, 3.05) is 43.1 Å². The molecule has 1 aromatic heterocycles. The van der Waals surface area contributed by atoms with E-state index in [0.717, 1.165) is 44.0 Å². The highest BCUT2D eigenvalue weighted by Crippen LogP contribution is 2.36. The summed E-state index contributed by atoms with van der Waals surface area (Å²) in [5.41, 5.74) is 0.812. The van der Waals surface area contributed by atoms with Gasteiger partial charge in [-0.2, -0.15) is 0 Å². The maximum Gasteiger partial charge on any atom is 0.322 e. The summed E-state index contributed by atoms with van der Waals surface area (Å²) in [6, 6.07) is 4.30. The Morgan fingerprint density at radius 3 is 2.72 bits per heavy atom. The van der Waals surface area contributed by atoms with Gasteiger partial charge in [0.25, 0.3) is 0 Å². The van der Waals surface area contributed by atoms with E-state index in [0.29, 0.717) is 25.2 Å². The smallest absolute Gasteiger partial charge is 0.322 e. The van der Waals surface area contributed by atoms with Gasteiger partial charge in [0.2, 0.25) is 0 Å². The molecule has 3 heterocycles. The van der Waals surface area contributed by atoms with Gasteiger partial charge in [-0.3, -0.25) is 0 Å². The Hall–Kier alpha value is -1.82. The molecular formula is C19H28N4O2. The van der Waals surface area contributed by atoms with Crippen molar-refractivity contribution in [3.8, 4) is 0 Å². The summed E-state index contributed by atoms with van der Waals surface area (Å²) in [5, 5.41) is 3.15. The number of rotatable bonds is 3. The second-order valence-electron chi connectivity index (χ2n) is 7.35. The number of amides is 2. The summed E-state index contributed by atoms with van der Waals surface area (Å²) in [6.07, 6.45) is 9.26. The molecule has 1 aliphatic carbocycles. The molecule has 1 saturated carbocycles. The molecule has 25 heavy (non-hydrogen) atoms. The average molecular weight is 344 g/mol. The van der Waals surface area contributed by atoms with Crippen LogP contribution in [-0.4, -0.2) is 54.8 Å². The molecule has 136 valence electrons. The summed E-state index contributed by atoms with van der Waals surface area (Å²) in [5.74, 6) is 1.55. The number of pyridine rings is 1. The van der Waals surface area contributed by atoms with Gasteiger partial charge < -0.3 is 19.9 Å². The van der Waals surface area contributed by atoms with Crippen LogP contribution in [0.25, 0.3) is 0 Å². The van der Waals surface area contributed by atoms with Gasteiger partial charge in [0.15, 0.2) is 5.82 Å². The van der Waals surface area contributed by atoms with E-state index in [2.05, 4.69) is 20.1 Å². The Labute approximate surface area is 149 Å². The number of aromatic nitrogens is 1. The second-order valence-corrected chi connectivity index (χ2v) is 7.35. The fourth-order valence-electron chi connectivity index (χ4n) is 4.59.